The molecule has 2 saturated carbocycles. The molecule has 4 atom stereocenters. The molecule has 3 rings (SSSR count). The van der Waals surface area contributed by atoms with Crippen LogP contribution in [0.2, 0.25) is 0 Å². The molecule has 4 unspecified atom stereocenters. The number of carboxylic acid groups (broad SMARTS) is 1. The van der Waals surface area contributed by atoms with Gasteiger partial charge in [-0.3, -0.25) is 4.79 Å². The molecule has 2 aliphatic rings. The monoisotopic (exact) mass is 257 g/mol. The van der Waals surface area contributed by atoms with E-state index in [-0.39, 0.29) is 12.0 Å². The normalized spacial score (nSPS) is 31.9. The van der Waals surface area contributed by atoms with Crippen molar-refractivity contribution in [3.8, 4) is 6.07 Å². The number of nitriles is 1. The molecule has 98 valence electrons. The minimum absolute atomic E-state index is 0.0308. The summed E-state index contributed by atoms with van der Waals surface area (Å²) in [6.45, 7) is 0. The molecule has 2 N–H and O–H groups in total. The minimum atomic E-state index is -0.710. The summed E-state index contributed by atoms with van der Waals surface area (Å²) in [5.74, 6) is 0.374. The van der Waals surface area contributed by atoms with Gasteiger partial charge in [0, 0.05) is 12.2 Å². The lowest BCUT2D eigenvalue weighted by atomic mass is 9.84. The van der Waals surface area contributed by atoms with Crippen LogP contribution in [-0.4, -0.2) is 22.1 Å². The van der Waals surface area contributed by atoms with E-state index in [0.717, 1.165) is 19.3 Å². The number of carbonyl (C=O) groups is 1. The van der Waals surface area contributed by atoms with Crippen molar-refractivity contribution in [2.75, 3.05) is 5.32 Å². The Morgan fingerprint density at radius 1 is 1.42 bits per heavy atom. The Bertz CT molecular complexity index is 535. The van der Waals surface area contributed by atoms with Gasteiger partial charge in [0.15, 0.2) is 0 Å². The van der Waals surface area contributed by atoms with Gasteiger partial charge in [0.2, 0.25) is 0 Å². The Labute approximate surface area is 111 Å². The topological polar surface area (TPSA) is 86.0 Å². The summed E-state index contributed by atoms with van der Waals surface area (Å²) in [6.07, 6.45) is 4.64. The second-order valence-electron chi connectivity index (χ2n) is 5.41. The molecular formula is C14H15N3O2. The summed E-state index contributed by atoms with van der Waals surface area (Å²) in [5, 5.41) is 21.3. The van der Waals surface area contributed by atoms with Crippen molar-refractivity contribution in [3.63, 3.8) is 0 Å². The number of carboxylic acids is 1. The van der Waals surface area contributed by atoms with E-state index >= 15 is 0 Å². The Balaban J connectivity index is 1.78. The summed E-state index contributed by atoms with van der Waals surface area (Å²) >= 11 is 0. The van der Waals surface area contributed by atoms with Crippen LogP contribution in [0.5, 0.6) is 0 Å². The van der Waals surface area contributed by atoms with Crippen LogP contribution in [0.25, 0.3) is 0 Å². The summed E-state index contributed by atoms with van der Waals surface area (Å²) < 4.78 is 0. The molecule has 5 nitrogen and oxygen atoms in total. The van der Waals surface area contributed by atoms with Crippen LogP contribution >= 0.6 is 0 Å². The van der Waals surface area contributed by atoms with Crippen molar-refractivity contribution >= 4 is 11.8 Å². The standard InChI is InChI=1S/C14H15N3O2/c15-6-8-1-4-11(16-7-8)17-13-10-3-2-9(5-10)12(13)14(18)19/h1,4,7,9-10,12-13H,2-3,5H2,(H,16,17)(H,18,19). The fourth-order valence-electron chi connectivity index (χ4n) is 3.57. The van der Waals surface area contributed by atoms with Gasteiger partial charge in [0.1, 0.15) is 11.9 Å². The lowest BCUT2D eigenvalue weighted by Crippen LogP contribution is -2.39. The van der Waals surface area contributed by atoms with E-state index in [1.165, 1.54) is 6.20 Å². The molecule has 2 bridgehead atoms. The average Bonchev–Trinajstić information content (AvgIpc) is 3.00. The SMILES string of the molecule is N#Cc1ccc(NC2C3CCC(C3)C2C(=O)O)nc1. The van der Waals surface area contributed by atoms with Crippen LogP contribution in [0.1, 0.15) is 24.8 Å². The van der Waals surface area contributed by atoms with Crippen LogP contribution in [0.3, 0.4) is 0 Å². The number of aliphatic carboxylic acids is 1. The predicted octanol–water partition coefficient (Wildman–Crippen LogP) is 1.86. The van der Waals surface area contributed by atoms with Crippen molar-refractivity contribution in [2.24, 2.45) is 17.8 Å². The lowest BCUT2D eigenvalue weighted by Gasteiger charge is -2.29. The summed E-state index contributed by atoms with van der Waals surface area (Å²) in [6, 6.07) is 5.42. The highest BCUT2D eigenvalue weighted by atomic mass is 16.4. The summed E-state index contributed by atoms with van der Waals surface area (Å²) in [5.41, 5.74) is 0.508. The van der Waals surface area contributed by atoms with E-state index in [4.69, 9.17) is 5.26 Å². The van der Waals surface area contributed by atoms with E-state index < -0.39 is 5.97 Å². The number of pyridine rings is 1. The zero-order chi connectivity index (χ0) is 13.4. The lowest BCUT2D eigenvalue weighted by molar-refractivity contribution is -0.143. The largest absolute Gasteiger partial charge is 0.481 e. The number of fused-ring (bicyclic) bond motifs is 2. The highest BCUT2D eigenvalue weighted by Crippen LogP contribution is 2.49. The van der Waals surface area contributed by atoms with Crippen LogP contribution in [-0.2, 0) is 4.79 Å². The first-order valence-electron chi connectivity index (χ1n) is 6.54. The quantitative estimate of drug-likeness (QED) is 0.863. The number of hydrogen-bond acceptors (Lipinski definition) is 4. The van der Waals surface area contributed by atoms with Gasteiger partial charge >= 0.3 is 5.97 Å². The summed E-state index contributed by atoms with van der Waals surface area (Å²) in [4.78, 5) is 15.6. The number of anilines is 1. The van der Waals surface area contributed by atoms with Crippen LogP contribution in [0.15, 0.2) is 18.3 Å². The maximum absolute atomic E-state index is 11.4. The fraction of sp³-hybridized carbons (Fsp3) is 0.500. The third-order valence-corrected chi connectivity index (χ3v) is 4.41. The summed E-state index contributed by atoms with van der Waals surface area (Å²) in [7, 11) is 0. The van der Waals surface area contributed by atoms with E-state index in [0.29, 0.717) is 23.2 Å². The second kappa shape index (κ2) is 4.54. The first-order chi connectivity index (χ1) is 9.19. The third-order valence-electron chi connectivity index (χ3n) is 4.41. The van der Waals surface area contributed by atoms with Crippen molar-refractivity contribution in [1.29, 1.82) is 5.26 Å². The Morgan fingerprint density at radius 2 is 2.21 bits per heavy atom. The Morgan fingerprint density at radius 3 is 2.84 bits per heavy atom. The minimum Gasteiger partial charge on any atom is -0.481 e. The zero-order valence-electron chi connectivity index (χ0n) is 10.4. The first-order valence-corrected chi connectivity index (χ1v) is 6.54. The highest BCUT2D eigenvalue weighted by Gasteiger charge is 2.51. The van der Waals surface area contributed by atoms with Gasteiger partial charge in [-0.1, -0.05) is 0 Å². The van der Waals surface area contributed by atoms with Crippen molar-refractivity contribution < 1.29 is 9.90 Å². The van der Waals surface area contributed by atoms with Crippen LogP contribution in [0.4, 0.5) is 5.82 Å². The number of rotatable bonds is 3. The zero-order valence-corrected chi connectivity index (χ0v) is 10.4. The molecule has 1 heterocycles. The molecule has 0 radical (unpaired) electrons. The van der Waals surface area contributed by atoms with E-state index in [1.54, 1.807) is 12.1 Å². The molecule has 0 aliphatic heterocycles. The van der Waals surface area contributed by atoms with Gasteiger partial charge in [0.25, 0.3) is 0 Å². The molecular weight excluding hydrogens is 242 g/mol. The van der Waals surface area contributed by atoms with E-state index in [9.17, 15) is 9.90 Å². The van der Waals surface area contributed by atoms with Crippen molar-refractivity contribution in [1.82, 2.24) is 4.98 Å². The smallest absolute Gasteiger partial charge is 0.308 e. The molecule has 0 amide bonds. The van der Waals surface area contributed by atoms with Crippen LogP contribution in [0, 0.1) is 29.1 Å². The maximum atomic E-state index is 11.4. The average molecular weight is 257 g/mol. The molecule has 0 aromatic carbocycles. The van der Waals surface area contributed by atoms with Gasteiger partial charge in [-0.05, 0) is 43.2 Å². The highest BCUT2D eigenvalue weighted by molar-refractivity contribution is 5.73. The number of nitrogens with one attached hydrogen (secondary N) is 1. The Kier molecular flexibility index (Phi) is 2.86. The first kappa shape index (κ1) is 12.0. The van der Waals surface area contributed by atoms with Crippen molar-refractivity contribution in [2.45, 2.75) is 25.3 Å². The van der Waals surface area contributed by atoms with Gasteiger partial charge in [-0.2, -0.15) is 5.26 Å². The molecule has 5 heteroatoms. The molecule has 2 fully saturated rings. The van der Waals surface area contributed by atoms with E-state index in [2.05, 4.69) is 10.3 Å². The predicted molar refractivity (Wildman–Crippen MR) is 68.3 cm³/mol. The molecule has 0 spiro atoms. The number of nitrogens with zero attached hydrogens (tertiary/aromatic N) is 2. The van der Waals surface area contributed by atoms with Crippen molar-refractivity contribution in [3.05, 3.63) is 23.9 Å². The third kappa shape index (κ3) is 2.03. The van der Waals surface area contributed by atoms with Gasteiger partial charge < -0.3 is 10.4 Å². The van der Waals surface area contributed by atoms with Gasteiger partial charge in [-0.25, -0.2) is 4.98 Å². The molecule has 0 saturated heterocycles. The molecule has 1 aromatic rings. The maximum Gasteiger partial charge on any atom is 0.308 e. The fourth-order valence-corrected chi connectivity index (χ4v) is 3.57. The van der Waals surface area contributed by atoms with Gasteiger partial charge in [-0.15, -0.1) is 0 Å². The number of hydrogen-bond donors (Lipinski definition) is 2. The molecule has 2 aliphatic carbocycles. The van der Waals surface area contributed by atoms with E-state index in [1.807, 2.05) is 6.07 Å². The van der Waals surface area contributed by atoms with Crippen LogP contribution < -0.4 is 5.32 Å². The second-order valence-corrected chi connectivity index (χ2v) is 5.41. The van der Waals surface area contributed by atoms with Gasteiger partial charge in [0.05, 0.1) is 11.5 Å². The molecule has 1 aromatic heterocycles. The number of aromatic nitrogens is 1. The molecule has 19 heavy (non-hydrogen) atoms. The Hall–Kier alpha value is -2.09.